The van der Waals surface area contributed by atoms with Gasteiger partial charge in [-0.1, -0.05) is 31.0 Å². The van der Waals surface area contributed by atoms with Crippen LogP contribution in [0.15, 0.2) is 35.3 Å². The Bertz CT molecular complexity index is 684. The van der Waals surface area contributed by atoms with Crippen molar-refractivity contribution in [3.05, 3.63) is 30.3 Å². The summed E-state index contributed by atoms with van der Waals surface area (Å²) in [6.07, 6.45) is 6.03. The number of benzene rings is 1. The number of piperazine rings is 1. The molecular formula is C23H35N5O. The summed E-state index contributed by atoms with van der Waals surface area (Å²) in [5, 5.41) is 3.44. The van der Waals surface area contributed by atoms with Crippen LogP contribution in [0, 0.1) is 11.8 Å². The van der Waals surface area contributed by atoms with Crippen molar-refractivity contribution in [3.8, 4) is 0 Å². The summed E-state index contributed by atoms with van der Waals surface area (Å²) in [5.41, 5.74) is 1.25. The molecule has 2 aliphatic heterocycles. The van der Waals surface area contributed by atoms with Gasteiger partial charge in [0.05, 0.1) is 0 Å². The van der Waals surface area contributed by atoms with Crippen molar-refractivity contribution >= 4 is 17.6 Å². The highest BCUT2D eigenvalue weighted by Crippen LogP contribution is 2.35. The maximum Gasteiger partial charge on any atom is 0.224 e. The molecule has 0 spiro atoms. The number of aliphatic imine (C=N–C) groups is 1. The van der Waals surface area contributed by atoms with Crippen LogP contribution in [0.2, 0.25) is 0 Å². The monoisotopic (exact) mass is 397 g/mol. The first-order valence-corrected chi connectivity index (χ1v) is 11.3. The largest absolute Gasteiger partial charge is 0.368 e. The van der Waals surface area contributed by atoms with Crippen molar-refractivity contribution in [2.75, 3.05) is 57.8 Å². The van der Waals surface area contributed by atoms with Gasteiger partial charge < -0.3 is 20.0 Å². The highest BCUT2D eigenvalue weighted by Gasteiger charge is 2.35. The summed E-state index contributed by atoms with van der Waals surface area (Å²) in [6, 6.07) is 10.5. The third kappa shape index (κ3) is 4.85. The molecule has 4 rings (SSSR count). The van der Waals surface area contributed by atoms with Gasteiger partial charge in [0, 0.05) is 65.0 Å². The van der Waals surface area contributed by atoms with E-state index in [-0.39, 0.29) is 5.91 Å². The fourth-order valence-electron chi connectivity index (χ4n) is 5.20. The van der Waals surface area contributed by atoms with Crippen LogP contribution in [0.5, 0.6) is 0 Å². The highest BCUT2D eigenvalue weighted by molar-refractivity contribution is 5.81. The molecule has 0 bridgehead atoms. The van der Waals surface area contributed by atoms with Crippen molar-refractivity contribution in [2.24, 2.45) is 16.8 Å². The number of hydrogen-bond donors (Lipinski definition) is 1. The molecule has 3 aliphatic rings. The number of likely N-dealkylation sites (tertiary alicyclic amines) is 1. The van der Waals surface area contributed by atoms with Crippen LogP contribution in [0.4, 0.5) is 5.69 Å². The van der Waals surface area contributed by atoms with Crippen molar-refractivity contribution in [3.63, 3.8) is 0 Å². The molecule has 158 valence electrons. The van der Waals surface area contributed by atoms with E-state index in [2.05, 4.69) is 44.4 Å². The average Bonchev–Trinajstić information content (AvgIpc) is 3.21. The van der Waals surface area contributed by atoms with E-state index in [4.69, 9.17) is 0 Å². The van der Waals surface area contributed by atoms with E-state index in [0.29, 0.717) is 13.0 Å². The van der Waals surface area contributed by atoms with Gasteiger partial charge in [-0.15, -0.1) is 0 Å². The predicted octanol–water partition coefficient (Wildman–Crippen LogP) is 2.42. The second-order valence-electron chi connectivity index (χ2n) is 8.64. The third-order valence-corrected chi connectivity index (χ3v) is 6.86. The lowest BCUT2D eigenvalue weighted by molar-refractivity contribution is -0.131. The Morgan fingerprint density at radius 2 is 1.66 bits per heavy atom. The number of carbonyl (C=O) groups excluding carboxylic acids is 1. The fraction of sp³-hybridized carbons (Fsp3) is 0.652. The number of carbonyl (C=O) groups is 1. The molecule has 3 fully saturated rings. The maximum atomic E-state index is 12.7. The van der Waals surface area contributed by atoms with E-state index in [1.807, 2.05) is 18.0 Å². The molecule has 2 unspecified atom stereocenters. The lowest BCUT2D eigenvalue weighted by Gasteiger charge is -2.36. The molecule has 1 saturated carbocycles. The van der Waals surface area contributed by atoms with Crippen LogP contribution in [-0.2, 0) is 4.79 Å². The molecular weight excluding hydrogens is 362 g/mol. The number of anilines is 1. The molecule has 6 heteroatoms. The topological polar surface area (TPSA) is 51.2 Å². The summed E-state index contributed by atoms with van der Waals surface area (Å²) in [4.78, 5) is 23.9. The molecule has 1 aromatic carbocycles. The average molecular weight is 398 g/mol. The van der Waals surface area contributed by atoms with E-state index in [1.165, 1.54) is 31.4 Å². The minimum absolute atomic E-state index is 0.246. The molecule has 2 atom stereocenters. The number of rotatable bonds is 4. The number of fused-ring (bicyclic) bond motifs is 1. The Hall–Kier alpha value is -2.24. The van der Waals surface area contributed by atoms with Crippen LogP contribution in [-0.4, -0.2) is 74.5 Å². The van der Waals surface area contributed by atoms with Crippen LogP contribution in [0.1, 0.15) is 32.1 Å². The molecule has 6 nitrogen and oxygen atoms in total. The van der Waals surface area contributed by atoms with Crippen LogP contribution in [0.3, 0.4) is 0 Å². The van der Waals surface area contributed by atoms with Gasteiger partial charge in [-0.2, -0.15) is 0 Å². The normalized spacial score (nSPS) is 25.1. The minimum atomic E-state index is 0.246. The standard InChI is InChI=1S/C23H35N5O/c1-24-23(28-17-19-7-5-6-8-20(19)18-28)25-12-11-22(29)27-15-13-26(14-16-27)21-9-3-2-4-10-21/h2-4,9-10,19-20H,5-8,11-18H2,1H3,(H,24,25). The first kappa shape index (κ1) is 20.0. The Kier molecular flexibility index (Phi) is 6.57. The molecule has 29 heavy (non-hydrogen) atoms. The van der Waals surface area contributed by atoms with Gasteiger partial charge >= 0.3 is 0 Å². The van der Waals surface area contributed by atoms with Gasteiger partial charge in [0.15, 0.2) is 5.96 Å². The summed E-state index contributed by atoms with van der Waals surface area (Å²) in [6.45, 7) is 6.33. The van der Waals surface area contributed by atoms with Crippen LogP contribution in [0.25, 0.3) is 0 Å². The summed E-state index contributed by atoms with van der Waals surface area (Å²) in [5.74, 6) is 2.89. The number of amides is 1. The van der Waals surface area contributed by atoms with Gasteiger partial charge in [-0.25, -0.2) is 0 Å². The Morgan fingerprint density at radius 1 is 1.00 bits per heavy atom. The molecule has 2 saturated heterocycles. The summed E-state index contributed by atoms with van der Waals surface area (Å²) < 4.78 is 0. The van der Waals surface area contributed by atoms with E-state index in [0.717, 1.165) is 57.1 Å². The van der Waals surface area contributed by atoms with Crippen molar-refractivity contribution in [1.29, 1.82) is 0 Å². The van der Waals surface area contributed by atoms with E-state index >= 15 is 0 Å². The molecule has 1 amide bonds. The van der Waals surface area contributed by atoms with Gasteiger partial charge in [0.25, 0.3) is 0 Å². The lowest BCUT2D eigenvalue weighted by Crippen LogP contribution is -2.49. The zero-order valence-corrected chi connectivity index (χ0v) is 17.7. The first-order valence-electron chi connectivity index (χ1n) is 11.3. The van der Waals surface area contributed by atoms with Crippen molar-refractivity contribution in [1.82, 2.24) is 15.1 Å². The summed E-state index contributed by atoms with van der Waals surface area (Å²) in [7, 11) is 1.86. The Morgan fingerprint density at radius 3 is 2.28 bits per heavy atom. The molecule has 1 aromatic rings. The van der Waals surface area contributed by atoms with Gasteiger partial charge in [-0.3, -0.25) is 9.79 Å². The zero-order chi connectivity index (χ0) is 20.1. The number of para-hydroxylation sites is 1. The number of nitrogens with zero attached hydrogens (tertiary/aromatic N) is 4. The van der Waals surface area contributed by atoms with E-state index in [9.17, 15) is 4.79 Å². The quantitative estimate of drug-likeness (QED) is 0.626. The van der Waals surface area contributed by atoms with E-state index in [1.54, 1.807) is 0 Å². The van der Waals surface area contributed by atoms with Crippen molar-refractivity contribution < 1.29 is 4.79 Å². The molecule has 0 aromatic heterocycles. The second kappa shape index (κ2) is 9.51. The zero-order valence-electron chi connectivity index (χ0n) is 17.7. The van der Waals surface area contributed by atoms with Crippen molar-refractivity contribution in [2.45, 2.75) is 32.1 Å². The maximum absolute atomic E-state index is 12.7. The molecule has 1 N–H and O–H groups in total. The number of hydrogen-bond acceptors (Lipinski definition) is 3. The predicted molar refractivity (Wildman–Crippen MR) is 118 cm³/mol. The molecule has 0 radical (unpaired) electrons. The van der Waals surface area contributed by atoms with Gasteiger partial charge in [0.2, 0.25) is 5.91 Å². The second-order valence-corrected chi connectivity index (χ2v) is 8.64. The van der Waals surface area contributed by atoms with Gasteiger partial charge in [0.1, 0.15) is 0 Å². The Labute approximate surface area is 175 Å². The SMILES string of the molecule is CN=C(NCCC(=O)N1CCN(c2ccccc2)CC1)N1CC2CCCCC2C1. The Balaban J connectivity index is 1.19. The molecule has 1 aliphatic carbocycles. The third-order valence-electron chi connectivity index (χ3n) is 6.86. The molecule has 2 heterocycles. The fourth-order valence-corrected chi connectivity index (χ4v) is 5.20. The first-order chi connectivity index (χ1) is 14.2. The minimum Gasteiger partial charge on any atom is -0.368 e. The van der Waals surface area contributed by atoms with E-state index < -0.39 is 0 Å². The van der Waals surface area contributed by atoms with Crippen LogP contribution >= 0.6 is 0 Å². The highest BCUT2D eigenvalue weighted by atomic mass is 16.2. The summed E-state index contributed by atoms with van der Waals surface area (Å²) >= 11 is 0. The van der Waals surface area contributed by atoms with Crippen LogP contribution < -0.4 is 10.2 Å². The smallest absolute Gasteiger partial charge is 0.224 e. The number of guanidine groups is 1. The number of nitrogens with one attached hydrogen (secondary N) is 1. The van der Waals surface area contributed by atoms with Gasteiger partial charge in [-0.05, 0) is 36.8 Å². The lowest BCUT2D eigenvalue weighted by atomic mass is 9.82.